The van der Waals surface area contributed by atoms with Gasteiger partial charge in [0.2, 0.25) is 5.91 Å². The number of hydrogen-bond acceptors (Lipinski definition) is 2. The molecule has 24 heavy (non-hydrogen) atoms. The lowest BCUT2D eigenvalue weighted by Gasteiger charge is -2.26. The van der Waals surface area contributed by atoms with Crippen molar-refractivity contribution in [1.29, 1.82) is 0 Å². The van der Waals surface area contributed by atoms with E-state index in [2.05, 4.69) is 28.8 Å². The normalized spacial score (nSPS) is 17.8. The third kappa shape index (κ3) is 4.16. The topological polar surface area (TPSA) is 41.1 Å². The van der Waals surface area contributed by atoms with Crippen molar-refractivity contribution in [3.63, 3.8) is 0 Å². The molecule has 0 heterocycles. The van der Waals surface area contributed by atoms with Crippen molar-refractivity contribution in [2.45, 2.75) is 38.3 Å². The van der Waals surface area contributed by atoms with Gasteiger partial charge in [0.25, 0.3) is 0 Å². The lowest BCUT2D eigenvalue weighted by atomic mass is 9.88. The van der Waals surface area contributed by atoms with Gasteiger partial charge in [0, 0.05) is 11.1 Å². The average Bonchev–Trinajstić information content (AvgIpc) is 2.61. The van der Waals surface area contributed by atoms with E-state index in [-0.39, 0.29) is 18.0 Å². The molecule has 0 saturated carbocycles. The quantitative estimate of drug-likeness (QED) is 0.855. The molecule has 1 amide bonds. The van der Waals surface area contributed by atoms with Crippen molar-refractivity contribution in [3.05, 3.63) is 70.2 Å². The molecule has 0 unspecified atom stereocenters. The van der Waals surface area contributed by atoms with Gasteiger partial charge in [-0.1, -0.05) is 48.0 Å². The SMILES string of the molecule is C[C@H](NCC(=O)N[C@@H]1CCCc2ccccc21)c1ccc(Cl)cc1. The lowest BCUT2D eigenvalue weighted by molar-refractivity contribution is -0.121. The number of nitrogens with one attached hydrogen (secondary N) is 2. The zero-order valence-electron chi connectivity index (χ0n) is 13.9. The Morgan fingerprint density at radius 2 is 1.96 bits per heavy atom. The third-order valence-electron chi connectivity index (χ3n) is 4.64. The summed E-state index contributed by atoms with van der Waals surface area (Å²) in [6.07, 6.45) is 3.24. The predicted molar refractivity (Wildman–Crippen MR) is 98.1 cm³/mol. The van der Waals surface area contributed by atoms with Crippen LogP contribution in [-0.2, 0) is 11.2 Å². The van der Waals surface area contributed by atoms with E-state index in [0.29, 0.717) is 6.54 Å². The van der Waals surface area contributed by atoms with Gasteiger partial charge in [0.15, 0.2) is 0 Å². The number of halogens is 1. The number of fused-ring (bicyclic) bond motifs is 1. The maximum absolute atomic E-state index is 12.3. The molecule has 2 atom stereocenters. The van der Waals surface area contributed by atoms with Crippen molar-refractivity contribution in [2.24, 2.45) is 0 Å². The number of carbonyl (C=O) groups is 1. The second kappa shape index (κ2) is 7.82. The molecule has 3 rings (SSSR count). The van der Waals surface area contributed by atoms with Crippen LogP contribution in [0.4, 0.5) is 0 Å². The number of rotatable bonds is 5. The molecule has 2 N–H and O–H groups in total. The molecule has 1 aliphatic carbocycles. The number of benzene rings is 2. The molecular formula is C20H23ClN2O. The van der Waals surface area contributed by atoms with Crippen molar-refractivity contribution in [3.8, 4) is 0 Å². The minimum atomic E-state index is 0.0394. The van der Waals surface area contributed by atoms with Gasteiger partial charge in [0.1, 0.15) is 0 Å². The van der Waals surface area contributed by atoms with Gasteiger partial charge in [-0.15, -0.1) is 0 Å². The summed E-state index contributed by atoms with van der Waals surface area (Å²) in [7, 11) is 0. The monoisotopic (exact) mass is 342 g/mol. The van der Waals surface area contributed by atoms with Crippen molar-refractivity contribution in [1.82, 2.24) is 10.6 Å². The highest BCUT2D eigenvalue weighted by Crippen LogP contribution is 2.29. The molecule has 3 nitrogen and oxygen atoms in total. The molecule has 1 aliphatic rings. The Balaban J connectivity index is 1.54. The molecule has 0 radical (unpaired) electrons. The van der Waals surface area contributed by atoms with E-state index >= 15 is 0 Å². The highest BCUT2D eigenvalue weighted by atomic mass is 35.5. The molecule has 0 bridgehead atoms. The molecule has 0 aromatic heterocycles. The van der Waals surface area contributed by atoms with E-state index in [4.69, 9.17) is 11.6 Å². The number of amides is 1. The third-order valence-corrected chi connectivity index (χ3v) is 4.90. The van der Waals surface area contributed by atoms with E-state index in [1.807, 2.05) is 37.3 Å². The van der Waals surface area contributed by atoms with Crippen molar-refractivity contribution in [2.75, 3.05) is 6.54 Å². The molecule has 2 aromatic rings. The second-order valence-electron chi connectivity index (χ2n) is 6.37. The minimum Gasteiger partial charge on any atom is -0.348 e. The minimum absolute atomic E-state index is 0.0394. The maximum atomic E-state index is 12.3. The van der Waals surface area contributed by atoms with Crippen LogP contribution in [0.15, 0.2) is 48.5 Å². The summed E-state index contributed by atoms with van der Waals surface area (Å²) >= 11 is 5.91. The standard InChI is InChI=1S/C20H23ClN2O/c1-14(15-9-11-17(21)12-10-15)22-13-20(24)23-19-8-4-6-16-5-2-3-7-18(16)19/h2-3,5,7,9-12,14,19,22H,4,6,8,13H2,1H3,(H,23,24)/t14-,19+/m0/s1. The average molecular weight is 343 g/mol. The Labute approximate surface area is 148 Å². The number of hydrogen-bond donors (Lipinski definition) is 2. The van der Waals surface area contributed by atoms with Gasteiger partial charge in [-0.25, -0.2) is 0 Å². The molecule has 4 heteroatoms. The van der Waals surface area contributed by atoms with Crippen LogP contribution in [0.5, 0.6) is 0 Å². The van der Waals surface area contributed by atoms with Crippen LogP contribution in [0.2, 0.25) is 5.02 Å². The van der Waals surface area contributed by atoms with Gasteiger partial charge in [-0.05, 0) is 55.0 Å². The van der Waals surface area contributed by atoms with Crippen LogP contribution in [0.1, 0.15) is 48.5 Å². The highest BCUT2D eigenvalue weighted by Gasteiger charge is 2.21. The molecule has 0 fully saturated rings. The maximum Gasteiger partial charge on any atom is 0.234 e. The smallest absolute Gasteiger partial charge is 0.234 e. The summed E-state index contributed by atoms with van der Waals surface area (Å²) in [5.41, 5.74) is 3.75. The van der Waals surface area contributed by atoms with Gasteiger partial charge in [-0.2, -0.15) is 0 Å². The van der Waals surface area contributed by atoms with Crippen LogP contribution < -0.4 is 10.6 Å². The fraction of sp³-hybridized carbons (Fsp3) is 0.350. The first-order chi connectivity index (χ1) is 11.6. The molecule has 126 valence electrons. The Morgan fingerprint density at radius 1 is 1.21 bits per heavy atom. The van der Waals surface area contributed by atoms with Crippen molar-refractivity contribution >= 4 is 17.5 Å². The van der Waals surface area contributed by atoms with Gasteiger partial charge >= 0.3 is 0 Å². The fourth-order valence-corrected chi connectivity index (χ4v) is 3.39. The van der Waals surface area contributed by atoms with Crippen LogP contribution in [0.25, 0.3) is 0 Å². The largest absolute Gasteiger partial charge is 0.348 e. The molecule has 0 saturated heterocycles. The highest BCUT2D eigenvalue weighted by molar-refractivity contribution is 6.30. The van der Waals surface area contributed by atoms with E-state index in [9.17, 15) is 4.79 Å². The first-order valence-electron chi connectivity index (χ1n) is 8.49. The summed E-state index contributed by atoms with van der Waals surface area (Å²) in [5.74, 6) is 0.0394. The van der Waals surface area contributed by atoms with Gasteiger partial charge in [-0.3, -0.25) is 4.79 Å². The Bertz CT molecular complexity index is 699. The Morgan fingerprint density at radius 3 is 2.75 bits per heavy atom. The van der Waals surface area contributed by atoms with Crippen molar-refractivity contribution < 1.29 is 4.79 Å². The fourth-order valence-electron chi connectivity index (χ4n) is 3.26. The van der Waals surface area contributed by atoms with E-state index in [1.54, 1.807) is 0 Å². The summed E-state index contributed by atoms with van der Waals surface area (Å²) in [5, 5.41) is 7.17. The summed E-state index contributed by atoms with van der Waals surface area (Å²) in [6.45, 7) is 2.36. The lowest BCUT2D eigenvalue weighted by Crippen LogP contribution is -2.38. The first-order valence-corrected chi connectivity index (χ1v) is 8.87. The van der Waals surface area contributed by atoms with E-state index < -0.39 is 0 Å². The molecular weight excluding hydrogens is 320 g/mol. The van der Waals surface area contributed by atoms with Gasteiger partial charge in [0.05, 0.1) is 12.6 Å². The molecule has 0 spiro atoms. The Kier molecular flexibility index (Phi) is 5.54. The summed E-state index contributed by atoms with van der Waals surface area (Å²) in [6, 6.07) is 16.3. The summed E-state index contributed by atoms with van der Waals surface area (Å²) < 4.78 is 0. The molecule has 2 aromatic carbocycles. The van der Waals surface area contributed by atoms with E-state index in [0.717, 1.165) is 29.8 Å². The predicted octanol–water partition coefficient (Wildman–Crippen LogP) is 4.18. The number of aryl methyl sites for hydroxylation is 1. The second-order valence-corrected chi connectivity index (χ2v) is 6.80. The first kappa shape index (κ1) is 17.0. The number of carbonyl (C=O) groups excluding carboxylic acids is 1. The van der Waals surface area contributed by atoms with Crippen LogP contribution in [0, 0.1) is 0 Å². The zero-order chi connectivity index (χ0) is 16.9. The van der Waals surface area contributed by atoms with Crippen LogP contribution in [0.3, 0.4) is 0 Å². The summed E-state index contributed by atoms with van der Waals surface area (Å²) in [4.78, 5) is 12.3. The zero-order valence-corrected chi connectivity index (χ0v) is 14.6. The van der Waals surface area contributed by atoms with E-state index in [1.165, 1.54) is 11.1 Å². The van der Waals surface area contributed by atoms with Crippen LogP contribution in [-0.4, -0.2) is 12.5 Å². The Hall–Kier alpha value is -1.84. The molecule has 0 aliphatic heterocycles. The van der Waals surface area contributed by atoms with Gasteiger partial charge < -0.3 is 10.6 Å². The van der Waals surface area contributed by atoms with Crippen LogP contribution >= 0.6 is 11.6 Å².